The fraction of sp³-hybridized carbons (Fsp3) is 0.0769. The number of carbonyl (C=O) groups is 1. The van der Waals surface area contributed by atoms with Gasteiger partial charge in [-0.15, -0.1) is 11.8 Å². The Labute approximate surface area is 130 Å². The zero-order valence-corrected chi connectivity index (χ0v) is 12.6. The number of nitrogens with one attached hydrogen (secondary N) is 1. The van der Waals surface area contributed by atoms with Crippen molar-refractivity contribution < 1.29 is 4.79 Å². The minimum Gasteiger partial charge on any atom is -0.399 e. The van der Waals surface area contributed by atoms with E-state index in [1.165, 1.54) is 24.0 Å². The van der Waals surface area contributed by atoms with Crippen LogP contribution in [0.3, 0.4) is 0 Å². The summed E-state index contributed by atoms with van der Waals surface area (Å²) in [6.45, 7) is 0. The van der Waals surface area contributed by atoms with Gasteiger partial charge in [0.15, 0.2) is 5.82 Å². The lowest BCUT2D eigenvalue weighted by atomic mass is 10.3. The van der Waals surface area contributed by atoms with Gasteiger partial charge < -0.3 is 11.1 Å². The van der Waals surface area contributed by atoms with Gasteiger partial charge in [-0.2, -0.15) is 0 Å². The summed E-state index contributed by atoms with van der Waals surface area (Å²) in [5.41, 5.74) is 6.33. The van der Waals surface area contributed by atoms with Crippen molar-refractivity contribution in [3.8, 4) is 0 Å². The first kappa shape index (κ1) is 15.0. The van der Waals surface area contributed by atoms with Gasteiger partial charge in [0, 0.05) is 16.8 Å². The summed E-state index contributed by atoms with van der Waals surface area (Å²) in [5, 5.41) is 3.35. The van der Waals surface area contributed by atoms with Crippen LogP contribution in [0.15, 0.2) is 41.4 Å². The normalized spacial score (nSPS) is 10.3. The van der Waals surface area contributed by atoms with Crippen molar-refractivity contribution in [2.45, 2.75) is 4.90 Å². The Morgan fingerprint density at radius 1 is 1.35 bits per heavy atom. The van der Waals surface area contributed by atoms with Gasteiger partial charge in [0.05, 0.1) is 15.8 Å². The molecule has 0 radical (unpaired) electrons. The van der Waals surface area contributed by atoms with Crippen LogP contribution in [0.1, 0.15) is 0 Å². The molecule has 2 rings (SSSR count). The minimum absolute atomic E-state index is 0.200. The van der Waals surface area contributed by atoms with Crippen LogP contribution in [0.25, 0.3) is 0 Å². The van der Waals surface area contributed by atoms with Gasteiger partial charge in [-0.25, -0.2) is 4.98 Å². The van der Waals surface area contributed by atoms with Gasteiger partial charge in [-0.05, 0) is 24.3 Å². The third-order valence-electron chi connectivity index (χ3n) is 2.29. The molecule has 0 bridgehead atoms. The van der Waals surface area contributed by atoms with E-state index in [-0.39, 0.29) is 11.7 Å². The van der Waals surface area contributed by atoms with Gasteiger partial charge in [-0.1, -0.05) is 29.3 Å². The quantitative estimate of drug-likeness (QED) is 0.663. The number of pyridine rings is 1. The van der Waals surface area contributed by atoms with Crippen LogP contribution in [0.5, 0.6) is 0 Å². The van der Waals surface area contributed by atoms with Crippen LogP contribution in [-0.4, -0.2) is 16.6 Å². The van der Waals surface area contributed by atoms with Crippen LogP contribution in [0.4, 0.5) is 11.5 Å². The summed E-state index contributed by atoms with van der Waals surface area (Å²) < 4.78 is 0. The van der Waals surface area contributed by atoms with E-state index >= 15 is 0 Å². The monoisotopic (exact) mass is 327 g/mol. The number of hydrogen-bond donors (Lipinski definition) is 2. The SMILES string of the molecule is Nc1cccc(SCC(=O)Nc2ncc(Cl)cc2Cl)c1. The van der Waals surface area contributed by atoms with E-state index in [9.17, 15) is 4.79 Å². The van der Waals surface area contributed by atoms with Crippen LogP contribution < -0.4 is 11.1 Å². The molecular formula is C13H11Cl2N3OS. The van der Waals surface area contributed by atoms with Crippen molar-refractivity contribution in [3.63, 3.8) is 0 Å². The van der Waals surface area contributed by atoms with Crippen molar-refractivity contribution in [3.05, 3.63) is 46.6 Å². The first-order valence-corrected chi connectivity index (χ1v) is 7.38. The number of thioether (sulfide) groups is 1. The molecular weight excluding hydrogens is 317 g/mol. The molecule has 1 heterocycles. The Bertz CT molecular complexity index is 637. The average Bonchev–Trinajstić information content (AvgIpc) is 2.40. The number of hydrogen-bond acceptors (Lipinski definition) is 4. The highest BCUT2D eigenvalue weighted by Crippen LogP contribution is 2.24. The second-order valence-electron chi connectivity index (χ2n) is 3.89. The number of nitrogen functional groups attached to an aromatic ring is 1. The maximum Gasteiger partial charge on any atom is 0.235 e. The van der Waals surface area contributed by atoms with Crippen molar-refractivity contribution in [2.24, 2.45) is 0 Å². The largest absolute Gasteiger partial charge is 0.399 e. The van der Waals surface area contributed by atoms with Gasteiger partial charge in [-0.3, -0.25) is 4.79 Å². The first-order valence-electron chi connectivity index (χ1n) is 5.64. The standard InChI is InChI=1S/C13H11Cl2N3OS/c14-8-4-11(15)13(17-6-8)18-12(19)7-20-10-3-1-2-9(16)5-10/h1-6H,7,16H2,(H,17,18,19). The summed E-state index contributed by atoms with van der Waals surface area (Å²) in [4.78, 5) is 16.7. The molecule has 2 aromatic rings. The van der Waals surface area contributed by atoms with E-state index in [4.69, 9.17) is 28.9 Å². The molecule has 4 nitrogen and oxygen atoms in total. The molecule has 0 unspecified atom stereocenters. The highest BCUT2D eigenvalue weighted by Gasteiger charge is 2.08. The second kappa shape index (κ2) is 6.83. The molecule has 0 saturated heterocycles. The summed E-state index contributed by atoms with van der Waals surface area (Å²) >= 11 is 13.0. The lowest BCUT2D eigenvalue weighted by molar-refractivity contribution is -0.113. The third kappa shape index (κ3) is 4.30. The molecule has 1 aromatic carbocycles. The van der Waals surface area contributed by atoms with Crippen LogP contribution in [0, 0.1) is 0 Å². The molecule has 1 aromatic heterocycles. The van der Waals surface area contributed by atoms with Gasteiger partial charge >= 0.3 is 0 Å². The van der Waals surface area contributed by atoms with Crippen LogP contribution >= 0.6 is 35.0 Å². The van der Waals surface area contributed by atoms with E-state index in [0.717, 1.165) is 4.90 Å². The molecule has 1 amide bonds. The lowest BCUT2D eigenvalue weighted by Gasteiger charge is -2.06. The summed E-state index contributed by atoms with van der Waals surface area (Å²) in [7, 11) is 0. The number of amides is 1. The maximum atomic E-state index is 11.8. The van der Waals surface area contributed by atoms with Crippen molar-refractivity contribution in [2.75, 3.05) is 16.8 Å². The zero-order valence-electron chi connectivity index (χ0n) is 10.3. The van der Waals surface area contributed by atoms with E-state index in [2.05, 4.69) is 10.3 Å². The highest BCUT2D eigenvalue weighted by molar-refractivity contribution is 8.00. The number of carbonyl (C=O) groups excluding carboxylic acids is 1. The minimum atomic E-state index is -0.200. The third-order valence-corrected chi connectivity index (χ3v) is 3.78. The number of nitrogens with zero attached hydrogens (tertiary/aromatic N) is 1. The fourth-order valence-electron chi connectivity index (χ4n) is 1.43. The fourth-order valence-corrected chi connectivity index (χ4v) is 2.62. The first-order chi connectivity index (χ1) is 9.54. The van der Waals surface area contributed by atoms with E-state index in [1.54, 1.807) is 6.07 Å². The summed E-state index contributed by atoms with van der Waals surface area (Å²) in [5.74, 6) is 0.341. The molecule has 0 aliphatic rings. The number of halogens is 2. The summed E-state index contributed by atoms with van der Waals surface area (Å²) in [6, 6.07) is 8.86. The Balaban J connectivity index is 1.92. The number of aromatic nitrogens is 1. The Hall–Kier alpha value is -1.43. The van der Waals surface area contributed by atoms with Crippen LogP contribution in [0.2, 0.25) is 10.0 Å². The molecule has 0 aliphatic heterocycles. The highest BCUT2D eigenvalue weighted by atomic mass is 35.5. The molecule has 0 saturated carbocycles. The van der Waals surface area contributed by atoms with Gasteiger partial charge in [0.25, 0.3) is 0 Å². The van der Waals surface area contributed by atoms with E-state index in [0.29, 0.717) is 21.6 Å². The summed E-state index contributed by atoms with van der Waals surface area (Å²) in [6.07, 6.45) is 1.42. The molecule has 0 spiro atoms. The number of rotatable bonds is 4. The maximum absolute atomic E-state index is 11.8. The predicted molar refractivity (Wildman–Crippen MR) is 84.5 cm³/mol. The zero-order chi connectivity index (χ0) is 14.5. The average molecular weight is 328 g/mol. The van der Waals surface area contributed by atoms with Crippen molar-refractivity contribution in [1.82, 2.24) is 4.98 Å². The number of benzene rings is 1. The van der Waals surface area contributed by atoms with Crippen molar-refractivity contribution in [1.29, 1.82) is 0 Å². The van der Waals surface area contributed by atoms with Gasteiger partial charge in [0.1, 0.15) is 0 Å². The Morgan fingerprint density at radius 2 is 2.15 bits per heavy atom. The molecule has 104 valence electrons. The van der Waals surface area contributed by atoms with Crippen molar-refractivity contribution >= 4 is 52.4 Å². The predicted octanol–water partition coefficient (Wildman–Crippen LogP) is 3.70. The topological polar surface area (TPSA) is 68.0 Å². The van der Waals surface area contributed by atoms with Crippen LogP contribution in [-0.2, 0) is 4.79 Å². The number of nitrogens with two attached hydrogens (primary N) is 1. The second-order valence-corrected chi connectivity index (χ2v) is 5.79. The molecule has 20 heavy (non-hydrogen) atoms. The molecule has 7 heteroatoms. The Morgan fingerprint density at radius 3 is 2.85 bits per heavy atom. The Kier molecular flexibility index (Phi) is 5.11. The number of anilines is 2. The smallest absolute Gasteiger partial charge is 0.235 e. The molecule has 3 N–H and O–H groups in total. The van der Waals surface area contributed by atoms with E-state index in [1.807, 2.05) is 18.2 Å². The lowest BCUT2D eigenvalue weighted by Crippen LogP contribution is -2.15. The van der Waals surface area contributed by atoms with E-state index < -0.39 is 0 Å². The van der Waals surface area contributed by atoms with Gasteiger partial charge in [0.2, 0.25) is 5.91 Å². The molecule has 0 atom stereocenters. The molecule has 0 fully saturated rings. The molecule has 0 aliphatic carbocycles.